The molecule has 19 heavy (non-hydrogen) atoms. The number of halogens is 1. The van der Waals surface area contributed by atoms with Crippen LogP contribution in [0.5, 0.6) is 0 Å². The molecule has 1 aromatic rings. The van der Waals surface area contributed by atoms with Crippen LogP contribution in [0.25, 0.3) is 0 Å². The summed E-state index contributed by atoms with van der Waals surface area (Å²) < 4.78 is 13.7. The molecule has 1 amide bonds. The van der Waals surface area contributed by atoms with E-state index < -0.39 is 5.82 Å². The van der Waals surface area contributed by atoms with Gasteiger partial charge in [-0.1, -0.05) is 6.42 Å². The monoisotopic (exact) mass is 264 g/mol. The van der Waals surface area contributed by atoms with Crippen LogP contribution in [0.15, 0.2) is 12.1 Å². The minimum absolute atomic E-state index is 0.125. The summed E-state index contributed by atoms with van der Waals surface area (Å²) >= 11 is 0. The third-order valence-electron chi connectivity index (χ3n) is 4.00. The third-order valence-corrected chi connectivity index (χ3v) is 4.00. The first-order valence-corrected chi connectivity index (χ1v) is 6.87. The van der Waals surface area contributed by atoms with Gasteiger partial charge in [0.25, 0.3) is 5.91 Å². The minimum atomic E-state index is -0.414. The summed E-state index contributed by atoms with van der Waals surface area (Å²) in [5.74, 6) is 0.0691. The Morgan fingerprint density at radius 2 is 2.16 bits per heavy atom. The third kappa shape index (κ3) is 2.88. The van der Waals surface area contributed by atoms with E-state index in [-0.39, 0.29) is 5.91 Å². The lowest BCUT2D eigenvalue weighted by molar-refractivity contribution is 0.0706. The summed E-state index contributed by atoms with van der Waals surface area (Å²) in [4.78, 5) is 14.2. The molecule has 0 unspecified atom stereocenters. The van der Waals surface area contributed by atoms with Crippen LogP contribution < -0.4 is 5.73 Å². The minimum Gasteiger partial charge on any atom is -0.398 e. The van der Waals surface area contributed by atoms with E-state index in [1.54, 1.807) is 17.9 Å². The maximum Gasteiger partial charge on any atom is 0.254 e. The van der Waals surface area contributed by atoms with Crippen molar-refractivity contribution in [1.82, 2.24) is 4.90 Å². The average molecular weight is 264 g/mol. The first-order chi connectivity index (χ1) is 9.02. The number of nitrogen functional groups attached to an aromatic ring is 1. The van der Waals surface area contributed by atoms with Gasteiger partial charge in [-0.05, 0) is 44.7 Å². The molecule has 1 saturated carbocycles. The fourth-order valence-corrected chi connectivity index (χ4v) is 2.35. The lowest BCUT2D eigenvalue weighted by atomic mass is 9.85. The largest absolute Gasteiger partial charge is 0.398 e. The molecular weight excluding hydrogens is 243 g/mol. The number of rotatable bonds is 4. The zero-order chi connectivity index (χ0) is 14.0. The molecule has 0 atom stereocenters. The highest BCUT2D eigenvalue weighted by Crippen LogP contribution is 2.28. The molecule has 2 rings (SSSR count). The lowest BCUT2D eigenvalue weighted by Crippen LogP contribution is -2.37. The molecule has 0 heterocycles. The van der Waals surface area contributed by atoms with Crippen LogP contribution in [0, 0.1) is 18.7 Å². The summed E-state index contributed by atoms with van der Waals surface area (Å²) in [5, 5.41) is 0. The van der Waals surface area contributed by atoms with Crippen LogP contribution in [-0.4, -0.2) is 23.9 Å². The Morgan fingerprint density at radius 3 is 2.63 bits per heavy atom. The van der Waals surface area contributed by atoms with Crippen LogP contribution in [0.4, 0.5) is 10.1 Å². The maximum absolute atomic E-state index is 13.7. The summed E-state index contributed by atoms with van der Waals surface area (Å²) in [5.41, 5.74) is 6.82. The number of anilines is 1. The van der Waals surface area contributed by atoms with Crippen molar-refractivity contribution in [1.29, 1.82) is 0 Å². The van der Waals surface area contributed by atoms with E-state index in [9.17, 15) is 9.18 Å². The smallest absolute Gasteiger partial charge is 0.254 e. The predicted octanol–water partition coefficient (Wildman–Crippen LogP) is 2.98. The van der Waals surface area contributed by atoms with Crippen LogP contribution in [0.2, 0.25) is 0 Å². The number of hydrogen-bond acceptors (Lipinski definition) is 2. The van der Waals surface area contributed by atoms with Gasteiger partial charge in [0.15, 0.2) is 0 Å². The van der Waals surface area contributed by atoms with E-state index in [2.05, 4.69) is 0 Å². The molecule has 0 spiro atoms. The molecule has 2 N–H and O–H groups in total. The quantitative estimate of drug-likeness (QED) is 0.850. The highest BCUT2D eigenvalue weighted by molar-refractivity contribution is 5.95. The average Bonchev–Trinajstić information content (AvgIpc) is 2.33. The van der Waals surface area contributed by atoms with Gasteiger partial charge in [0.05, 0.1) is 0 Å². The van der Waals surface area contributed by atoms with Gasteiger partial charge in [-0.3, -0.25) is 4.79 Å². The van der Waals surface area contributed by atoms with Gasteiger partial charge in [0.1, 0.15) is 5.82 Å². The molecule has 104 valence electrons. The normalized spacial score (nSPS) is 15.1. The number of carbonyl (C=O) groups excluding carboxylic acids is 1. The Kier molecular flexibility index (Phi) is 4.08. The Bertz CT molecular complexity index is 460. The fraction of sp³-hybridized carbons (Fsp3) is 0.533. The standard InChI is InChI=1S/C15H21FN2O/c1-3-18(9-11-5-4-6-11)15(19)12-7-13(16)10(2)14(17)8-12/h7-8,11H,3-6,9,17H2,1-2H3. The molecule has 0 aliphatic heterocycles. The lowest BCUT2D eigenvalue weighted by Gasteiger charge is -2.32. The maximum atomic E-state index is 13.7. The zero-order valence-corrected chi connectivity index (χ0v) is 11.6. The molecule has 0 bridgehead atoms. The summed E-state index contributed by atoms with van der Waals surface area (Å²) in [6.45, 7) is 4.98. The van der Waals surface area contributed by atoms with Gasteiger partial charge >= 0.3 is 0 Å². The number of hydrogen-bond donors (Lipinski definition) is 1. The number of nitrogens with two attached hydrogens (primary N) is 1. The molecule has 0 radical (unpaired) electrons. The Balaban J connectivity index is 2.16. The van der Waals surface area contributed by atoms with Crippen LogP contribution >= 0.6 is 0 Å². The topological polar surface area (TPSA) is 46.3 Å². The number of amides is 1. The number of carbonyl (C=O) groups is 1. The van der Waals surface area contributed by atoms with E-state index in [4.69, 9.17) is 5.73 Å². The predicted molar refractivity (Wildman–Crippen MR) is 74.5 cm³/mol. The molecular formula is C15H21FN2O. The van der Waals surface area contributed by atoms with E-state index in [0.717, 1.165) is 6.54 Å². The molecule has 0 saturated heterocycles. The van der Waals surface area contributed by atoms with Crippen LogP contribution in [0.3, 0.4) is 0 Å². The second-order valence-corrected chi connectivity index (χ2v) is 5.31. The number of nitrogens with zero attached hydrogens (tertiary/aromatic N) is 1. The van der Waals surface area contributed by atoms with Gasteiger partial charge in [0, 0.05) is 29.9 Å². The Hall–Kier alpha value is -1.58. The van der Waals surface area contributed by atoms with Crippen molar-refractivity contribution >= 4 is 11.6 Å². The van der Waals surface area contributed by atoms with Crippen molar-refractivity contribution in [2.45, 2.75) is 33.1 Å². The molecule has 4 heteroatoms. The highest BCUT2D eigenvalue weighted by Gasteiger charge is 2.24. The summed E-state index contributed by atoms with van der Waals surface area (Å²) in [7, 11) is 0. The number of benzene rings is 1. The van der Waals surface area contributed by atoms with Gasteiger partial charge in [-0.25, -0.2) is 4.39 Å². The van der Waals surface area contributed by atoms with Gasteiger partial charge < -0.3 is 10.6 Å². The fourth-order valence-electron chi connectivity index (χ4n) is 2.35. The molecule has 0 aromatic heterocycles. The molecule has 3 nitrogen and oxygen atoms in total. The van der Waals surface area contributed by atoms with Crippen molar-refractivity contribution in [3.05, 3.63) is 29.1 Å². The molecule has 1 aliphatic carbocycles. The van der Waals surface area contributed by atoms with Crippen molar-refractivity contribution in [3.63, 3.8) is 0 Å². The van der Waals surface area contributed by atoms with Gasteiger partial charge in [0.2, 0.25) is 0 Å². The second kappa shape index (κ2) is 5.59. The van der Waals surface area contributed by atoms with Crippen molar-refractivity contribution in [2.24, 2.45) is 5.92 Å². The van der Waals surface area contributed by atoms with Crippen molar-refractivity contribution < 1.29 is 9.18 Å². The van der Waals surface area contributed by atoms with E-state index in [0.29, 0.717) is 29.3 Å². The van der Waals surface area contributed by atoms with Gasteiger partial charge in [-0.2, -0.15) is 0 Å². The second-order valence-electron chi connectivity index (χ2n) is 5.31. The summed E-state index contributed by atoms with van der Waals surface area (Å²) in [6.07, 6.45) is 3.63. The Morgan fingerprint density at radius 1 is 1.47 bits per heavy atom. The highest BCUT2D eigenvalue weighted by atomic mass is 19.1. The van der Waals surface area contributed by atoms with E-state index >= 15 is 0 Å². The molecule has 1 aliphatic rings. The first-order valence-electron chi connectivity index (χ1n) is 6.87. The van der Waals surface area contributed by atoms with Crippen LogP contribution in [-0.2, 0) is 0 Å². The first kappa shape index (κ1) is 13.8. The molecule has 1 fully saturated rings. The molecule has 1 aromatic carbocycles. The van der Waals surface area contributed by atoms with E-state index in [1.165, 1.54) is 25.3 Å². The Labute approximate surface area is 113 Å². The summed E-state index contributed by atoms with van der Waals surface area (Å²) in [6, 6.07) is 2.86. The van der Waals surface area contributed by atoms with E-state index in [1.807, 2.05) is 6.92 Å². The van der Waals surface area contributed by atoms with Crippen LogP contribution in [0.1, 0.15) is 42.1 Å². The van der Waals surface area contributed by atoms with Crippen molar-refractivity contribution in [2.75, 3.05) is 18.8 Å². The SMILES string of the molecule is CCN(CC1CCC1)C(=O)c1cc(N)c(C)c(F)c1. The zero-order valence-electron chi connectivity index (χ0n) is 11.6. The van der Waals surface area contributed by atoms with Gasteiger partial charge in [-0.15, -0.1) is 0 Å². The van der Waals surface area contributed by atoms with Crippen molar-refractivity contribution in [3.8, 4) is 0 Å².